The van der Waals surface area contributed by atoms with Crippen LogP contribution in [0.5, 0.6) is 0 Å². The third-order valence-electron chi connectivity index (χ3n) is 4.85. The zero-order valence-electron chi connectivity index (χ0n) is 16.0. The lowest BCUT2D eigenvalue weighted by molar-refractivity contribution is -0.119. The van der Waals surface area contributed by atoms with Crippen molar-refractivity contribution in [3.05, 3.63) is 30.2 Å². The van der Waals surface area contributed by atoms with E-state index < -0.39 is 0 Å². The molecule has 146 valence electrons. The molecule has 27 heavy (non-hydrogen) atoms. The van der Waals surface area contributed by atoms with Gasteiger partial charge in [-0.1, -0.05) is 6.07 Å². The summed E-state index contributed by atoms with van der Waals surface area (Å²) in [6.07, 6.45) is 6.30. The number of aryl methyl sites for hydroxylation is 1. The van der Waals surface area contributed by atoms with Crippen LogP contribution < -0.4 is 11.1 Å². The summed E-state index contributed by atoms with van der Waals surface area (Å²) in [6.45, 7) is 5.42. The predicted octanol–water partition coefficient (Wildman–Crippen LogP) is 1.21. The summed E-state index contributed by atoms with van der Waals surface area (Å²) in [5, 5.41) is 11.8. The SMILES string of the molecule is CCNC(=NCCCc1nnc2ccccn12)N1CCCC(CC(N)=O)C1. The van der Waals surface area contributed by atoms with E-state index in [0.717, 1.165) is 69.3 Å². The van der Waals surface area contributed by atoms with Crippen molar-refractivity contribution in [3.8, 4) is 0 Å². The number of amides is 1. The average molecular weight is 371 g/mol. The number of aliphatic imine (C=N–C) groups is 1. The van der Waals surface area contributed by atoms with Gasteiger partial charge in [0.25, 0.3) is 0 Å². The molecule has 0 saturated carbocycles. The van der Waals surface area contributed by atoms with Crippen LogP contribution in [0.1, 0.15) is 38.4 Å². The summed E-state index contributed by atoms with van der Waals surface area (Å²) in [6, 6.07) is 5.90. The Morgan fingerprint density at radius 3 is 3.11 bits per heavy atom. The van der Waals surface area contributed by atoms with Crippen LogP contribution in [-0.4, -0.2) is 57.5 Å². The van der Waals surface area contributed by atoms with Crippen molar-refractivity contribution < 1.29 is 4.79 Å². The van der Waals surface area contributed by atoms with E-state index in [1.54, 1.807) is 0 Å². The Morgan fingerprint density at radius 2 is 2.30 bits per heavy atom. The standard InChI is InChI=1S/C19H29N7O/c1-2-21-19(25-11-6-7-15(14-25)13-16(20)27)22-10-5-9-18-24-23-17-8-3-4-12-26(17)18/h3-4,8,12,15H,2,5-7,9-11,13-14H2,1H3,(H2,20,27)(H,21,22). The summed E-state index contributed by atoms with van der Waals surface area (Å²) in [5.41, 5.74) is 6.24. The number of piperidine rings is 1. The van der Waals surface area contributed by atoms with Crippen LogP contribution >= 0.6 is 0 Å². The molecule has 2 aromatic heterocycles. The molecule has 0 aliphatic carbocycles. The first-order valence-corrected chi connectivity index (χ1v) is 9.77. The van der Waals surface area contributed by atoms with Crippen molar-refractivity contribution in [1.29, 1.82) is 0 Å². The number of fused-ring (bicyclic) bond motifs is 1. The highest BCUT2D eigenvalue weighted by molar-refractivity contribution is 5.80. The summed E-state index contributed by atoms with van der Waals surface area (Å²) in [4.78, 5) is 18.3. The Labute approximate surface area is 159 Å². The fraction of sp³-hybridized carbons (Fsp3) is 0.579. The number of nitrogens with zero attached hydrogens (tertiary/aromatic N) is 5. The molecule has 0 spiro atoms. The minimum absolute atomic E-state index is 0.218. The molecule has 1 aliphatic rings. The number of carbonyl (C=O) groups excluding carboxylic acids is 1. The summed E-state index contributed by atoms with van der Waals surface area (Å²) < 4.78 is 2.02. The first-order chi connectivity index (χ1) is 13.2. The summed E-state index contributed by atoms with van der Waals surface area (Å²) in [7, 11) is 0. The van der Waals surface area contributed by atoms with Crippen LogP contribution in [-0.2, 0) is 11.2 Å². The molecule has 2 aromatic rings. The van der Waals surface area contributed by atoms with Crippen molar-refractivity contribution >= 4 is 17.5 Å². The number of pyridine rings is 1. The molecular weight excluding hydrogens is 342 g/mol. The number of hydrogen-bond acceptors (Lipinski definition) is 4. The lowest BCUT2D eigenvalue weighted by Gasteiger charge is -2.34. The highest BCUT2D eigenvalue weighted by Crippen LogP contribution is 2.19. The first-order valence-electron chi connectivity index (χ1n) is 9.77. The van der Waals surface area contributed by atoms with Crippen molar-refractivity contribution in [3.63, 3.8) is 0 Å². The van der Waals surface area contributed by atoms with Gasteiger partial charge in [0.1, 0.15) is 5.82 Å². The maximum atomic E-state index is 11.2. The van der Waals surface area contributed by atoms with Gasteiger partial charge in [-0.3, -0.25) is 14.2 Å². The quantitative estimate of drug-likeness (QED) is 0.433. The highest BCUT2D eigenvalue weighted by Gasteiger charge is 2.23. The van der Waals surface area contributed by atoms with Gasteiger partial charge in [-0.15, -0.1) is 10.2 Å². The van der Waals surface area contributed by atoms with Crippen molar-refractivity contribution in [2.75, 3.05) is 26.2 Å². The van der Waals surface area contributed by atoms with E-state index in [2.05, 4.69) is 27.3 Å². The van der Waals surface area contributed by atoms with E-state index in [-0.39, 0.29) is 5.91 Å². The summed E-state index contributed by atoms with van der Waals surface area (Å²) >= 11 is 0. The smallest absolute Gasteiger partial charge is 0.217 e. The minimum atomic E-state index is -0.218. The van der Waals surface area contributed by atoms with Gasteiger partial charge < -0.3 is 16.0 Å². The maximum Gasteiger partial charge on any atom is 0.217 e. The van der Waals surface area contributed by atoms with Crippen LogP contribution in [0.25, 0.3) is 5.65 Å². The molecule has 0 bridgehead atoms. The first kappa shape index (κ1) is 19.1. The van der Waals surface area contributed by atoms with Crippen LogP contribution in [0.4, 0.5) is 0 Å². The van der Waals surface area contributed by atoms with E-state index in [4.69, 9.17) is 10.7 Å². The lowest BCUT2D eigenvalue weighted by Crippen LogP contribution is -2.47. The van der Waals surface area contributed by atoms with Gasteiger partial charge in [0.15, 0.2) is 11.6 Å². The van der Waals surface area contributed by atoms with E-state index >= 15 is 0 Å². The molecule has 3 heterocycles. The molecular formula is C19H29N7O. The van der Waals surface area contributed by atoms with Gasteiger partial charge in [0.05, 0.1) is 0 Å². The zero-order chi connectivity index (χ0) is 19.1. The van der Waals surface area contributed by atoms with Crippen LogP contribution in [0, 0.1) is 5.92 Å². The second-order valence-electron chi connectivity index (χ2n) is 7.01. The molecule has 3 N–H and O–H groups in total. The number of aromatic nitrogens is 3. The molecule has 0 aromatic carbocycles. The molecule has 1 fully saturated rings. The van der Waals surface area contributed by atoms with E-state index in [1.807, 2.05) is 28.8 Å². The van der Waals surface area contributed by atoms with Gasteiger partial charge in [-0.05, 0) is 44.2 Å². The Bertz CT molecular complexity index is 785. The summed E-state index contributed by atoms with van der Waals surface area (Å²) in [5.74, 6) is 2.00. The fourth-order valence-electron chi connectivity index (χ4n) is 3.62. The Balaban J connectivity index is 1.56. The third-order valence-corrected chi connectivity index (χ3v) is 4.85. The van der Waals surface area contributed by atoms with E-state index in [9.17, 15) is 4.79 Å². The van der Waals surface area contributed by atoms with Crippen molar-refractivity contribution in [2.45, 2.75) is 39.0 Å². The Kier molecular flexibility index (Phi) is 6.62. The number of nitrogens with one attached hydrogen (secondary N) is 1. The zero-order valence-corrected chi connectivity index (χ0v) is 16.0. The van der Waals surface area contributed by atoms with Crippen molar-refractivity contribution in [1.82, 2.24) is 24.8 Å². The van der Waals surface area contributed by atoms with Crippen molar-refractivity contribution in [2.24, 2.45) is 16.6 Å². The topological polar surface area (TPSA) is 101 Å². The molecule has 1 aliphatic heterocycles. The number of rotatable bonds is 7. The number of carbonyl (C=O) groups is 1. The highest BCUT2D eigenvalue weighted by atomic mass is 16.1. The monoisotopic (exact) mass is 371 g/mol. The number of primary amides is 1. The van der Waals surface area contributed by atoms with Gasteiger partial charge >= 0.3 is 0 Å². The molecule has 0 radical (unpaired) electrons. The number of guanidine groups is 1. The van der Waals surface area contributed by atoms with Gasteiger partial charge in [0.2, 0.25) is 5.91 Å². The van der Waals surface area contributed by atoms with Crippen LogP contribution in [0.15, 0.2) is 29.4 Å². The maximum absolute atomic E-state index is 11.2. The number of hydrogen-bond donors (Lipinski definition) is 2. The Hall–Kier alpha value is -2.64. The second-order valence-corrected chi connectivity index (χ2v) is 7.01. The normalized spacial score (nSPS) is 18.0. The van der Waals surface area contributed by atoms with E-state index in [1.165, 1.54) is 0 Å². The molecule has 1 saturated heterocycles. The van der Waals surface area contributed by atoms with Crippen LogP contribution in [0.2, 0.25) is 0 Å². The lowest BCUT2D eigenvalue weighted by atomic mass is 9.95. The van der Waals surface area contributed by atoms with Gasteiger partial charge in [-0.25, -0.2) is 0 Å². The van der Waals surface area contributed by atoms with Gasteiger partial charge in [0, 0.05) is 45.2 Å². The molecule has 8 nitrogen and oxygen atoms in total. The van der Waals surface area contributed by atoms with E-state index in [0.29, 0.717) is 12.3 Å². The second kappa shape index (κ2) is 9.34. The molecule has 1 amide bonds. The average Bonchev–Trinajstić information content (AvgIpc) is 3.07. The van der Waals surface area contributed by atoms with Crippen LogP contribution in [0.3, 0.4) is 0 Å². The predicted molar refractivity (Wildman–Crippen MR) is 105 cm³/mol. The molecule has 8 heteroatoms. The largest absolute Gasteiger partial charge is 0.370 e. The fourth-order valence-corrected chi connectivity index (χ4v) is 3.62. The van der Waals surface area contributed by atoms with Gasteiger partial charge in [-0.2, -0.15) is 0 Å². The molecule has 3 rings (SSSR count). The number of likely N-dealkylation sites (tertiary alicyclic amines) is 1. The molecule has 1 atom stereocenters. The number of nitrogens with two attached hydrogens (primary N) is 1. The third kappa shape index (κ3) is 5.18. The minimum Gasteiger partial charge on any atom is -0.370 e. The molecule has 1 unspecified atom stereocenters. The Morgan fingerprint density at radius 1 is 1.41 bits per heavy atom.